The zero-order valence-corrected chi connectivity index (χ0v) is 13.7. The van der Waals surface area contributed by atoms with Crippen LogP contribution in [-0.2, 0) is 24.9 Å². The topological polar surface area (TPSA) is 81.9 Å². The van der Waals surface area contributed by atoms with Gasteiger partial charge in [0, 0.05) is 20.7 Å². The van der Waals surface area contributed by atoms with Gasteiger partial charge in [-0.05, 0) is 18.1 Å². The third-order valence-electron chi connectivity index (χ3n) is 3.84. The zero-order valence-electron chi connectivity index (χ0n) is 13.7. The van der Waals surface area contributed by atoms with Crippen molar-refractivity contribution in [3.63, 3.8) is 0 Å². The number of benzene rings is 1. The van der Waals surface area contributed by atoms with Crippen molar-refractivity contribution in [1.82, 2.24) is 19.1 Å². The van der Waals surface area contributed by atoms with Gasteiger partial charge in [0.25, 0.3) is 5.56 Å². The Morgan fingerprint density at radius 2 is 2.04 bits per heavy atom. The molecular formula is C16H20N4O3. The fourth-order valence-electron chi connectivity index (χ4n) is 2.84. The van der Waals surface area contributed by atoms with E-state index in [-0.39, 0.29) is 17.2 Å². The van der Waals surface area contributed by atoms with Crippen molar-refractivity contribution in [1.29, 1.82) is 0 Å². The summed E-state index contributed by atoms with van der Waals surface area (Å²) in [6, 6.07) is 3.65. The molecule has 3 aromatic rings. The highest BCUT2D eigenvalue weighted by atomic mass is 16.5. The van der Waals surface area contributed by atoms with Gasteiger partial charge in [-0.3, -0.25) is 13.9 Å². The Labute approximate surface area is 132 Å². The molecule has 0 aliphatic carbocycles. The highest BCUT2D eigenvalue weighted by molar-refractivity contribution is 6.02. The van der Waals surface area contributed by atoms with Gasteiger partial charge >= 0.3 is 5.69 Å². The Morgan fingerprint density at radius 3 is 2.70 bits per heavy atom. The molecule has 0 saturated heterocycles. The van der Waals surface area contributed by atoms with Gasteiger partial charge in [-0.2, -0.15) is 0 Å². The SMILES string of the molecule is COCc1nc2c(ccc3c2c(=O)n(C)c(=O)n3CC(C)C)[nH]1. The van der Waals surface area contributed by atoms with Crippen molar-refractivity contribution in [3.8, 4) is 0 Å². The first-order chi connectivity index (χ1) is 10.9. The predicted octanol–water partition coefficient (Wildman–Crippen LogP) is 1.38. The normalized spacial score (nSPS) is 11.9. The number of nitrogens with one attached hydrogen (secondary N) is 1. The second-order valence-electron chi connectivity index (χ2n) is 6.12. The quantitative estimate of drug-likeness (QED) is 0.788. The Hall–Kier alpha value is -2.41. The third kappa shape index (κ3) is 2.46. The van der Waals surface area contributed by atoms with Gasteiger partial charge < -0.3 is 9.72 Å². The summed E-state index contributed by atoms with van der Waals surface area (Å²) in [5.74, 6) is 0.936. The zero-order chi connectivity index (χ0) is 16.7. The maximum Gasteiger partial charge on any atom is 0.331 e. The fourth-order valence-corrected chi connectivity index (χ4v) is 2.84. The van der Waals surface area contributed by atoms with Gasteiger partial charge in [-0.1, -0.05) is 13.8 Å². The van der Waals surface area contributed by atoms with Crippen LogP contribution in [0.3, 0.4) is 0 Å². The number of aromatic amines is 1. The van der Waals surface area contributed by atoms with Crippen molar-refractivity contribution in [3.05, 3.63) is 38.8 Å². The van der Waals surface area contributed by atoms with Gasteiger partial charge in [0.1, 0.15) is 17.9 Å². The number of hydrogen-bond donors (Lipinski definition) is 1. The fraction of sp³-hybridized carbons (Fsp3) is 0.438. The molecule has 7 nitrogen and oxygen atoms in total. The highest BCUT2D eigenvalue weighted by Gasteiger charge is 2.16. The van der Waals surface area contributed by atoms with E-state index in [1.807, 2.05) is 19.9 Å². The second kappa shape index (κ2) is 5.66. The monoisotopic (exact) mass is 316 g/mol. The number of aromatic nitrogens is 4. The summed E-state index contributed by atoms with van der Waals surface area (Å²) in [5.41, 5.74) is 1.33. The summed E-state index contributed by atoms with van der Waals surface area (Å²) in [6.45, 7) is 4.95. The van der Waals surface area contributed by atoms with E-state index < -0.39 is 0 Å². The second-order valence-corrected chi connectivity index (χ2v) is 6.12. The van der Waals surface area contributed by atoms with Gasteiger partial charge in [-0.25, -0.2) is 9.78 Å². The molecule has 122 valence electrons. The van der Waals surface area contributed by atoms with E-state index >= 15 is 0 Å². The maximum atomic E-state index is 12.6. The third-order valence-corrected chi connectivity index (χ3v) is 3.84. The Bertz CT molecular complexity index is 994. The van der Waals surface area contributed by atoms with E-state index in [0.717, 1.165) is 10.1 Å². The minimum Gasteiger partial charge on any atom is -0.377 e. The van der Waals surface area contributed by atoms with Gasteiger partial charge in [0.2, 0.25) is 0 Å². The lowest BCUT2D eigenvalue weighted by Gasteiger charge is -2.14. The molecule has 0 atom stereocenters. The average Bonchev–Trinajstić information content (AvgIpc) is 2.91. The Kier molecular flexibility index (Phi) is 3.81. The maximum absolute atomic E-state index is 12.6. The molecule has 0 aliphatic heterocycles. The number of methoxy groups -OCH3 is 1. The molecule has 3 rings (SSSR count). The van der Waals surface area contributed by atoms with Crippen LogP contribution in [0, 0.1) is 5.92 Å². The predicted molar refractivity (Wildman–Crippen MR) is 88.7 cm³/mol. The van der Waals surface area contributed by atoms with E-state index in [0.29, 0.717) is 35.4 Å². The Morgan fingerprint density at radius 1 is 1.30 bits per heavy atom. The van der Waals surface area contributed by atoms with Crippen LogP contribution in [0.4, 0.5) is 0 Å². The summed E-state index contributed by atoms with van der Waals surface area (Å²) < 4.78 is 7.88. The molecule has 0 aliphatic rings. The van der Waals surface area contributed by atoms with Crippen LogP contribution in [0.5, 0.6) is 0 Å². The number of rotatable bonds is 4. The number of hydrogen-bond acceptors (Lipinski definition) is 4. The number of fused-ring (bicyclic) bond motifs is 3. The lowest BCUT2D eigenvalue weighted by Crippen LogP contribution is -2.39. The summed E-state index contributed by atoms with van der Waals surface area (Å²) in [6.07, 6.45) is 0. The van der Waals surface area contributed by atoms with E-state index in [1.54, 1.807) is 17.7 Å². The number of nitrogens with zero attached hydrogens (tertiary/aromatic N) is 3. The van der Waals surface area contributed by atoms with Crippen LogP contribution < -0.4 is 11.2 Å². The molecule has 0 saturated carbocycles. The van der Waals surface area contributed by atoms with Crippen LogP contribution >= 0.6 is 0 Å². The molecule has 1 N–H and O–H groups in total. The number of H-pyrrole nitrogens is 1. The molecule has 7 heteroatoms. The summed E-state index contributed by atoms with van der Waals surface area (Å²) >= 11 is 0. The number of ether oxygens (including phenoxy) is 1. The molecule has 0 amide bonds. The molecule has 0 fully saturated rings. The lowest BCUT2D eigenvalue weighted by atomic mass is 10.1. The molecule has 2 heterocycles. The molecule has 1 aromatic carbocycles. The molecule has 0 spiro atoms. The molecule has 23 heavy (non-hydrogen) atoms. The summed E-state index contributed by atoms with van der Waals surface area (Å²) in [5, 5.41) is 0.462. The van der Waals surface area contributed by atoms with Crippen LogP contribution in [0.15, 0.2) is 21.7 Å². The average molecular weight is 316 g/mol. The first-order valence-electron chi connectivity index (χ1n) is 7.54. The minimum atomic E-state index is -0.328. The van der Waals surface area contributed by atoms with E-state index in [4.69, 9.17) is 4.74 Å². The van der Waals surface area contributed by atoms with Crippen molar-refractivity contribution < 1.29 is 4.74 Å². The molecular weight excluding hydrogens is 296 g/mol. The van der Waals surface area contributed by atoms with Crippen LogP contribution in [0.1, 0.15) is 19.7 Å². The molecule has 0 unspecified atom stereocenters. The minimum absolute atomic E-state index is 0.285. The van der Waals surface area contributed by atoms with Crippen molar-refractivity contribution in [2.45, 2.75) is 27.0 Å². The number of imidazole rings is 1. The highest BCUT2D eigenvalue weighted by Crippen LogP contribution is 2.21. The van der Waals surface area contributed by atoms with Crippen molar-refractivity contribution >= 4 is 21.9 Å². The van der Waals surface area contributed by atoms with E-state index in [9.17, 15) is 9.59 Å². The van der Waals surface area contributed by atoms with Crippen LogP contribution in [0.25, 0.3) is 21.9 Å². The smallest absolute Gasteiger partial charge is 0.331 e. The molecule has 0 bridgehead atoms. The van der Waals surface area contributed by atoms with E-state index in [1.165, 1.54) is 7.05 Å². The van der Waals surface area contributed by atoms with Crippen molar-refractivity contribution in [2.75, 3.05) is 7.11 Å². The summed E-state index contributed by atoms with van der Waals surface area (Å²) in [7, 11) is 3.09. The Balaban J connectivity index is 2.44. The molecule has 0 radical (unpaired) electrons. The summed E-state index contributed by atoms with van der Waals surface area (Å²) in [4.78, 5) is 32.7. The standard InChI is InChI=1S/C16H20N4O3/c1-9(2)7-20-11-6-5-10-14(18-12(17-10)8-23-4)13(11)15(21)19(3)16(20)22/h5-6,9H,7-8H2,1-4H3,(H,17,18). The largest absolute Gasteiger partial charge is 0.377 e. The van der Waals surface area contributed by atoms with Gasteiger partial charge in [0.15, 0.2) is 0 Å². The van der Waals surface area contributed by atoms with Crippen LogP contribution in [0.2, 0.25) is 0 Å². The molecule has 2 aromatic heterocycles. The van der Waals surface area contributed by atoms with Gasteiger partial charge in [0.05, 0.1) is 16.4 Å². The van der Waals surface area contributed by atoms with Crippen molar-refractivity contribution in [2.24, 2.45) is 13.0 Å². The van der Waals surface area contributed by atoms with Crippen LogP contribution in [-0.4, -0.2) is 26.2 Å². The first-order valence-corrected chi connectivity index (χ1v) is 7.54. The van der Waals surface area contributed by atoms with E-state index in [2.05, 4.69) is 9.97 Å². The first kappa shape index (κ1) is 15.5. The van der Waals surface area contributed by atoms with Gasteiger partial charge in [-0.15, -0.1) is 0 Å². The lowest BCUT2D eigenvalue weighted by molar-refractivity contribution is 0.179.